The van der Waals surface area contributed by atoms with Crippen molar-refractivity contribution in [3.8, 4) is 0 Å². The first-order valence-corrected chi connectivity index (χ1v) is 35.6. The van der Waals surface area contributed by atoms with Crippen LogP contribution in [0.2, 0.25) is 0 Å². The van der Waals surface area contributed by atoms with E-state index >= 15 is 0 Å². The Morgan fingerprint density at radius 3 is 0.756 bits per heavy atom. The first-order chi connectivity index (χ1) is 40.5. The lowest BCUT2D eigenvalue weighted by Gasteiger charge is -2.18. The van der Waals surface area contributed by atoms with E-state index in [1.54, 1.807) is 0 Å². The van der Waals surface area contributed by atoms with E-state index in [0.29, 0.717) is 19.3 Å². The van der Waals surface area contributed by atoms with Crippen LogP contribution in [-0.2, 0) is 28.6 Å². The molecule has 6 nitrogen and oxygen atoms in total. The van der Waals surface area contributed by atoms with E-state index < -0.39 is 6.10 Å². The number of ether oxygens (including phenoxy) is 3. The van der Waals surface area contributed by atoms with Gasteiger partial charge in [0, 0.05) is 19.3 Å². The van der Waals surface area contributed by atoms with Gasteiger partial charge in [-0.3, -0.25) is 14.4 Å². The van der Waals surface area contributed by atoms with Gasteiger partial charge in [-0.1, -0.05) is 331 Å². The van der Waals surface area contributed by atoms with Crippen LogP contribution in [0.15, 0.2) is 85.1 Å². The minimum atomic E-state index is -0.793. The van der Waals surface area contributed by atoms with Crippen LogP contribution in [0.3, 0.4) is 0 Å². The summed E-state index contributed by atoms with van der Waals surface area (Å²) in [5.41, 5.74) is 0. The van der Waals surface area contributed by atoms with Gasteiger partial charge in [-0.15, -0.1) is 0 Å². The zero-order valence-electron chi connectivity index (χ0n) is 54.5. The molecule has 0 aliphatic rings. The van der Waals surface area contributed by atoms with Crippen LogP contribution < -0.4 is 0 Å². The van der Waals surface area contributed by atoms with E-state index in [1.165, 1.54) is 218 Å². The highest BCUT2D eigenvalue weighted by Crippen LogP contribution is 2.18. The Labute approximate surface area is 509 Å². The largest absolute Gasteiger partial charge is 0.462 e. The summed E-state index contributed by atoms with van der Waals surface area (Å²) in [6.45, 7) is 6.54. The average molecular weight is 1140 g/mol. The van der Waals surface area contributed by atoms with Gasteiger partial charge in [0.1, 0.15) is 13.2 Å². The Morgan fingerprint density at radius 2 is 0.476 bits per heavy atom. The van der Waals surface area contributed by atoms with Gasteiger partial charge >= 0.3 is 17.9 Å². The number of carbonyl (C=O) groups excluding carboxylic acids is 3. The van der Waals surface area contributed by atoms with Crippen molar-refractivity contribution in [3.05, 3.63) is 85.1 Å². The molecular weight excluding hydrogens is 1010 g/mol. The monoisotopic (exact) mass is 1140 g/mol. The molecule has 0 spiro atoms. The van der Waals surface area contributed by atoms with E-state index in [-0.39, 0.29) is 31.1 Å². The lowest BCUT2D eigenvalue weighted by Crippen LogP contribution is -2.30. The van der Waals surface area contributed by atoms with Gasteiger partial charge in [0.05, 0.1) is 0 Å². The van der Waals surface area contributed by atoms with Crippen molar-refractivity contribution in [2.45, 2.75) is 367 Å². The van der Waals surface area contributed by atoms with Crippen molar-refractivity contribution < 1.29 is 28.6 Å². The maximum Gasteiger partial charge on any atom is 0.306 e. The standard InChI is InChI=1S/C76H134O6/c1-4-7-10-13-16-19-22-25-28-30-32-33-34-35-36-37-38-39-40-41-42-43-45-46-48-51-54-57-60-63-66-69-75(78)81-72-73(71-80-74(77)68-65-62-59-56-53-50-27-24-21-18-15-12-9-6-3)82-76(79)70-67-64-61-58-55-52-49-47-44-31-29-26-23-20-17-14-11-8-5-2/h8,11,17,20,22,25-26,29-30,32,44,47,52,55,73H,4-7,9-10,12-16,18-19,21,23-24,27-28,31,33-43,45-46,48-51,53-54,56-72H2,1-3H3/b11-8-,20-17-,25-22-,29-26-,32-30-,47-44-,55-52-. The minimum absolute atomic E-state index is 0.0856. The first-order valence-electron chi connectivity index (χ1n) is 35.6. The van der Waals surface area contributed by atoms with Crippen molar-refractivity contribution in [3.63, 3.8) is 0 Å². The quantitative estimate of drug-likeness (QED) is 0.0261. The van der Waals surface area contributed by atoms with Gasteiger partial charge in [0.2, 0.25) is 0 Å². The summed E-state index contributed by atoms with van der Waals surface area (Å²) in [4.78, 5) is 38.4. The van der Waals surface area contributed by atoms with Crippen LogP contribution >= 0.6 is 0 Å². The fourth-order valence-corrected chi connectivity index (χ4v) is 10.3. The first kappa shape index (κ1) is 78.6. The van der Waals surface area contributed by atoms with Crippen molar-refractivity contribution in [2.24, 2.45) is 0 Å². The summed E-state index contributed by atoms with van der Waals surface area (Å²) in [6.07, 6.45) is 93.3. The Balaban J connectivity index is 4.24. The highest BCUT2D eigenvalue weighted by molar-refractivity contribution is 5.71. The lowest BCUT2D eigenvalue weighted by molar-refractivity contribution is -0.167. The molecule has 0 aliphatic heterocycles. The molecule has 0 rings (SSSR count). The normalized spacial score (nSPS) is 12.6. The number of unbranched alkanes of at least 4 members (excludes halogenated alkanes) is 40. The Hall–Kier alpha value is -3.41. The molecule has 0 bridgehead atoms. The van der Waals surface area contributed by atoms with Crippen molar-refractivity contribution >= 4 is 17.9 Å². The molecule has 82 heavy (non-hydrogen) atoms. The molecule has 0 N–H and O–H groups in total. The van der Waals surface area contributed by atoms with Gasteiger partial charge in [0.25, 0.3) is 0 Å². The van der Waals surface area contributed by atoms with E-state index in [9.17, 15) is 14.4 Å². The summed E-state index contributed by atoms with van der Waals surface area (Å²) < 4.78 is 17.0. The van der Waals surface area contributed by atoms with Gasteiger partial charge in [-0.2, -0.15) is 0 Å². The van der Waals surface area contributed by atoms with Crippen molar-refractivity contribution in [1.29, 1.82) is 0 Å². The van der Waals surface area contributed by atoms with Crippen molar-refractivity contribution in [1.82, 2.24) is 0 Å². The third kappa shape index (κ3) is 67.4. The fourth-order valence-electron chi connectivity index (χ4n) is 10.3. The summed E-state index contributed by atoms with van der Waals surface area (Å²) in [6, 6.07) is 0. The molecule has 0 aliphatic carbocycles. The smallest absolute Gasteiger partial charge is 0.306 e. The summed E-state index contributed by atoms with van der Waals surface area (Å²) in [5.74, 6) is -0.898. The average Bonchev–Trinajstić information content (AvgIpc) is 3.47. The van der Waals surface area contributed by atoms with E-state index in [4.69, 9.17) is 14.2 Å². The molecule has 0 saturated heterocycles. The van der Waals surface area contributed by atoms with Gasteiger partial charge in [-0.05, 0) is 96.3 Å². The second kappa shape index (κ2) is 70.1. The Morgan fingerprint density at radius 1 is 0.256 bits per heavy atom. The van der Waals surface area contributed by atoms with Crippen molar-refractivity contribution in [2.75, 3.05) is 13.2 Å². The van der Waals surface area contributed by atoms with Crippen LogP contribution in [0.25, 0.3) is 0 Å². The number of carbonyl (C=O) groups is 3. The molecule has 6 heteroatoms. The molecule has 0 fully saturated rings. The number of hydrogen-bond donors (Lipinski definition) is 0. The molecule has 1 atom stereocenters. The predicted molar refractivity (Wildman–Crippen MR) is 358 cm³/mol. The van der Waals surface area contributed by atoms with E-state index in [0.717, 1.165) is 103 Å². The number of rotatable bonds is 65. The molecule has 0 aromatic rings. The number of hydrogen-bond acceptors (Lipinski definition) is 6. The maximum absolute atomic E-state index is 12.9. The SMILES string of the molecule is CC/C=C\C/C=C\C/C=C\C/C=C\C/C=C\CCCCCC(=O)OC(COC(=O)CCCCCCCCCCCCCCCC)COC(=O)CCCCCCCCCCCCCCCCCCCCC/C=C\C/C=C\CCCCCCC. The zero-order chi connectivity index (χ0) is 59.2. The van der Waals surface area contributed by atoms with Crippen LogP contribution in [0.1, 0.15) is 361 Å². The third-order valence-electron chi connectivity index (χ3n) is 15.6. The summed E-state index contributed by atoms with van der Waals surface area (Å²) in [7, 11) is 0. The third-order valence-corrected chi connectivity index (χ3v) is 15.6. The molecular formula is C76H134O6. The van der Waals surface area contributed by atoms with Crippen LogP contribution in [0.4, 0.5) is 0 Å². The molecule has 0 saturated carbocycles. The summed E-state index contributed by atoms with van der Waals surface area (Å²) >= 11 is 0. The van der Waals surface area contributed by atoms with E-state index in [1.807, 2.05) is 0 Å². The van der Waals surface area contributed by atoms with Crippen LogP contribution in [-0.4, -0.2) is 37.2 Å². The van der Waals surface area contributed by atoms with Crippen LogP contribution in [0.5, 0.6) is 0 Å². The number of esters is 3. The predicted octanol–water partition coefficient (Wildman–Crippen LogP) is 24.6. The highest BCUT2D eigenvalue weighted by atomic mass is 16.6. The van der Waals surface area contributed by atoms with Gasteiger partial charge < -0.3 is 14.2 Å². The maximum atomic E-state index is 12.9. The zero-order valence-corrected chi connectivity index (χ0v) is 54.5. The lowest BCUT2D eigenvalue weighted by atomic mass is 10.0. The molecule has 0 aromatic carbocycles. The molecule has 474 valence electrons. The second-order valence-electron chi connectivity index (χ2n) is 23.8. The van der Waals surface area contributed by atoms with Gasteiger partial charge in [0.15, 0.2) is 6.10 Å². The van der Waals surface area contributed by atoms with Gasteiger partial charge in [-0.25, -0.2) is 0 Å². The molecule has 0 amide bonds. The molecule has 0 radical (unpaired) electrons. The molecule has 0 aromatic heterocycles. The molecule has 0 heterocycles. The Kier molecular flexibility index (Phi) is 67.2. The number of allylic oxidation sites excluding steroid dienone is 14. The topological polar surface area (TPSA) is 78.9 Å². The minimum Gasteiger partial charge on any atom is -0.462 e. The molecule has 1 unspecified atom stereocenters. The second-order valence-corrected chi connectivity index (χ2v) is 23.8. The highest BCUT2D eigenvalue weighted by Gasteiger charge is 2.19. The Bertz CT molecular complexity index is 1550. The van der Waals surface area contributed by atoms with Crippen LogP contribution in [0, 0.1) is 0 Å². The fraction of sp³-hybridized carbons (Fsp3) is 0.776. The summed E-state index contributed by atoms with van der Waals surface area (Å²) in [5, 5.41) is 0. The van der Waals surface area contributed by atoms with E-state index in [2.05, 4.69) is 106 Å².